The lowest BCUT2D eigenvalue weighted by molar-refractivity contribution is 0.0698. The summed E-state index contributed by atoms with van der Waals surface area (Å²) in [6.07, 6.45) is 4.43. The molecule has 0 saturated carbocycles. The van der Waals surface area contributed by atoms with Gasteiger partial charge < -0.3 is 14.8 Å². The number of nitrogens with zero attached hydrogens (tertiary/aromatic N) is 2. The molecule has 0 saturated heterocycles. The highest BCUT2D eigenvalue weighted by Crippen LogP contribution is 2.22. The standard InChI is InChI=1S/C18H11N3O4/c19-8-11-3-4-15(14(6-11)18(23)24)21-17(22)13-7-12(9-20-10-13)16-2-1-5-25-16/h1-7,9-10H,(H,21,22)(H,23,24). The van der Waals surface area contributed by atoms with Crippen LogP contribution in [0.25, 0.3) is 11.3 Å². The fourth-order valence-electron chi connectivity index (χ4n) is 2.24. The number of anilines is 1. The molecule has 25 heavy (non-hydrogen) atoms. The number of nitriles is 1. The van der Waals surface area contributed by atoms with Crippen LogP contribution in [-0.4, -0.2) is 22.0 Å². The molecule has 0 unspecified atom stereocenters. The van der Waals surface area contributed by atoms with Crippen LogP contribution in [-0.2, 0) is 0 Å². The predicted molar refractivity (Wildman–Crippen MR) is 88.0 cm³/mol. The lowest BCUT2D eigenvalue weighted by Gasteiger charge is -2.09. The molecule has 1 aromatic carbocycles. The van der Waals surface area contributed by atoms with E-state index in [4.69, 9.17) is 9.68 Å². The van der Waals surface area contributed by atoms with Crippen LogP contribution in [0.1, 0.15) is 26.3 Å². The molecule has 0 aliphatic heterocycles. The number of hydrogen-bond acceptors (Lipinski definition) is 5. The molecule has 2 heterocycles. The summed E-state index contributed by atoms with van der Waals surface area (Å²) in [5.41, 5.74) is 0.991. The van der Waals surface area contributed by atoms with Gasteiger partial charge in [0, 0.05) is 18.0 Å². The van der Waals surface area contributed by atoms with Gasteiger partial charge in [0.25, 0.3) is 5.91 Å². The third kappa shape index (κ3) is 3.38. The van der Waals surface area contributed by atoms with Crippen LogP contribution in [0.4, 0.5) is 5.69 Å². The molecular formula is C18H11N3O4. The minimum Gasteiger partial charge on any atom is -0.478 e. The van der Waals surface area contributed by atoms with Gasteiger partial charge in [-0.1, -0.05) is 0 Å². The molecule has 3 rings (SSSR count). The summed E-state index contributed by atoms with van der Waals surface area (Å²) in [5, 5.41) is 20.7. The van der Waals surface area contributed by atoms with Gasteiger partial charge in [-0.2, -0.15) is 5.26 Å². The average Bonchev–Trinajstić information content (AvgIpc) is 3.16. The molecule has 1 amide bonds. The summed E-state index contributed by atoms with van der Waals surface area (Å²) in [7, 11) is 0. The van der Waals surface area contributed by atoms with E-state index in [1.807, 2.05) is 6.07 Å². The van der Waals surface area contributed by atoms with E-state index in [-0.39, 0.29) is 22.4 Å². The fourth-order valence-corrected chi connectivity index (χ4v) is 2.24. The molecule has 0 fully saturated rings. The first-order chi connectivity index (χ1) is 12.1. The molecule has 0 spiro atoms. The van der Waals surface area contributed by atoms with E-state index in [1.54, 1.807) is 24.4 Å². The Bertz CT molecular complexity index is 988. The summed E-state index contributed by atoms with van der Waals surface area (Å²) in [6.45, 7) is 0. The molecular weight excluding hydrogens is 322 g/mol. The van der Waals surface area contributed by atoms with E-state index < -0.39 is 11.9 Å². The van der Waals surface area contributed by atoms with Crippen LogP contribution in [0.3, 0.4) is 0 Å². The first-order valence-electron chi connectivity index (χ1n) is 7.16. The normalized spacial score (nSPS) is 10.0. The van der Waals surface area contributed by atoms with Gasteiger partial charge >= 0.3 is 5.97 Å². The Hall–Kier alpha value is -3.92. The highest BCUT2D eigenvalue weighted by atomic mass is 16.4. The van der Waals surface area contributed by atoms with Crippen LogP contribution in [0.2, 0.25) is 0 Å². The van der Waals surface area contributed by atoms with Gasteiger partial charge in [-0.15, -0.1) is 0 Å². The Morgan fingerprint density at radius 3 is 2.72 bits per heavy atom. The third-order valence-electron chi connectivity index (χ3n) is 3.43. The number of benzene rings is 1. The van der Waals surface area contributed by atoms with Gasteiger partial charge in [-0.3, -0.25) is 9.78 Å². The van der Waals surface area contributed by atoms with Crippen LogP contribution in [0.15, 0.2) is 59.5 Å². The quantitative estimate of drug-likeness (QED) is 0.757. The number of pyridine rings is 1. The van der Waals surface area contributed by atoms with E-state index in [0.29, 0.717) is 11.3 Å². The van der Waals surface area contributed by atoms with Crippen molar-refractivity contribution in [2.75, 3.05) is 5.32 Å². The number of furan rings is 1. The van der Waals surface area contributed by atoms with E-state index >= 15 is 0 Å². The van der Waals surface area contributed by atoms with Crippen molar-refractivity contribution in [3.63, 3.8) is 0 Å². The molecule has 7 nitrogen and oxygen atoms in total. The predicted octanol–water partition coefficient (Wildman–Crippen LogP) is 3.16. The highest BCUT2D eigenvalue weighted by Gasteiger charge is 2.15. The molecule has 0 aliphatic carbocycles. The van der Waals surface area contributed by atoms with Gasteiger partial charge in [-0.25, -0.2) is 4.79 Å². The number of rotatable bonds is 4. The van der Waals surface area contributed by atoms with E-state index in [0.717, 1.165) is 0 Å². The number of aromatic nitrogens is 1. The van der Waals surface area contributed by atoms with Crippen molar-refractivity contribution in [2.24, 2.45) is 0 Å². The maximum Gasteiger partial charge on any atom is 0.337 e. The number of carbonyl (C=O) groups excluding carboxylic acids is 1. The topological polar surface area (TPSA) is 116 Å². The van der Waals surface area contributed by atoms with Crippen molar-refractivity contribution in [1.29, 1.82) is 5.26 Å². The van der Waals surface area contributed by atoms with Crippen molar-refractivity contribution in [1.82, 2.24) is 4.98 Å². The molecule has 3 aromatic rings. The summed E-state index contributed by atoms with van der Waals surface area (Å²) >= 11 is 0. The summed E-state index contributed by atoms with van der Waals surface area (Å²) < 4.78 is 5.27. The summed E-state index contributed by atoms with van der Waals surface area (Å²) in [5.74, 6) is -1.20. The second-order valence-corrected chi connectivity index (χ2v) is 5.07. The van der Waals surface area contributed by atoms with Crippen LogP contribution < -0.4 is 5.32 Å². The maximum absolute atomic E-state index is 12.4. The van der Waals surface area contributed by atoms with Crippen LogP contribution in [0.5, 0.6) is 0 Å². The SMILES string of the molecule is N#Cc1ccc(NC(=O)c2cncc(-c3ccco3)c2)c(C(=O)O)c1. The number of aromatic carboxylic acids is 1. The smallest absolute Gasteiger partial charge is 0.337 e. The van der Waals surface area contributed by atoms with Crippen molar-refractivity contribution >= 4 is 17.6 Å². The number of amides is 1. The second-order valence-electron chi connectivity index (χ2n) is 5.07. The van der Waals surface area contributed by atoms with Gasteiger partial charge in [0.15, 0.2) is 0 Å². The van der Waals surface area contributed by atoms with Gasteiger partial charge in [0.2, 0.25) is 0 Å². The lowest BCUT2D eigenvalue weighted by atomic mass is 10.1. The van der Waals surface area contributed by atoms with Crippen molar-refractivity contribution in [3.05, 3.63) is 71.7 Å². The number of carbonyl (C=O) groups is 2. The minimum absolute atomic E-state index is 0.0971. The zero-order valence-corrected chi connectivity index (χ0v) is 12.8. The molecule has 0 radical (unpaired) electrons. The maximum atomic E-state index is 12.4. The van der Waals surface area contributed by atoms with E-state index in [1.165, 1.54) is 30.7 Å². The minimum atomic E-state index is -1.24. The van der Waals surface area contributed by atoms with Crippen LogP contribution in [0, 0.1) is 11.3 Å². The molecule has 0 aliphatic rings. The summed E-state index contributed by atoms with van der Waals surface area (Å²) in [6, 6.07) is 10.9. The molecule has 0 bridgehead atoms. The Balaban J connectivity index is 1.90. The molecule has 2 N–H and O–H groups in total. The van der Waals surface area contributed by atoms with Crippen molar-refractivity contribution < 1.29 is 19.1 Å². The van der Waals surface area contributed by atoms with E-state index in [2.05, 4.69) is 10.3 Å². The number of carboxylic acids is 1. The van der Waals surface area contributed by atoms with Gasteiger partial charge in [-0.05, 0) is 36.4 Å². The highest BCUT2D eigenvalue weighted by molar-refractivity contribution is 6.08. The van der Waals surface area contributed by atoms with Crippen molar-refractivity contribution in [2.45, 2.75) is 0 Å². The Kier molecular flexibility index (Phi) is 4.26. The molecule has 7 heteroatoms. The number of carboxylic acid groups (broad SMARTS) is 1. The first-order valence-corrected chi connectivity index (χ1v) is 7.16. The zero-order chi connectivity index (χ0) is 17.8. The Morgan fingerprint density at radius 1 is 1.20 bits per heavy atom. The largest absolute Gasteiger partial charge is 0.478 e. The first kappa shape index (κ1) is 16.0. The molecule has 0 atom stereocenters. The fraction of sp³-hybridized carbons (Fsp3) is 0. The second kappa shape index (κ2) is 6.68. The lowest BCUT2D eigenvalue weighted by Crippen LogP contribution is -2.15. The zero-order valence-electron chi connectivity index (χ0n) is 12.8. The molecule has 2 aromatic heterocycles. The number of hydrogen-bond donors (Lipinski definition) is 2. The molecule has 122 valence electrons. The van der Waals surface area contributed by atoms with Gasteiger partial charge in [0.05, 0.1) is 34.7 Å². The van der Waals surface area contributed by atoms with Crippen molar-refractivity contribution in [3.8, 4) is 17.4 Å². The third-order valence-corrected chi connectivity index (χ3v) is 3.43. The van der Waals surface area contributed by atoms with E-state index in [9.17, 15) is 14.7 Å². The van der Waals surface area contributed by atoms with Crippen LogP contribution >= 0.6 is 0 Å². The Labute approximate surface area is 142 Å². The summed E-state index contributed by atoms with van der Waals surface area (Å²) in [4.78, 5) is 27.8. The average molecular weight is 333 g/mol. The number of nitrogens with one attached hydrogen (secondary N) is 1. The monoisotopic (exact) mass is 333 g/mol. The van der Waals surface area contributed by atoms with Gasteiger partial charge in [0.1, 0.15) is 5.76 Å². The Morgan fingerprint density at radius 2 is 2.04 bits per heavy atom.